The summed E-state index contributed by atoms with van der Waals surface area (Å²) in [6.07, 6.45) is 2.94. The molecule has 1 unspecified atom stereocenters. The van der Waals surface area contributed by atoms with Crippen LogP contribution < -0.4 is 14.2 Å². The second kappa shape index (κ2) is 12.6. The highest BCUT2D eigenvalue weighted by Gasteiger charge is 2.32. The molecule has 3 aromatic rings. The van der Waals surface area contributed by atoms with E-state index in [-0.39, 0.29) is 10.9 Å². The lowest BCUT2D eigenvalue weighted by Crippen LogP contribution is -2.43. The van der Waals surface area contributed by atoms with Crippen molar-refractivity contribution in [2.45, 2.75) is 36.3 Å². The molecule has 8 nitrogen and oxygen atoms in total. The topological polar surface area (TPSA) is 88.5 Å². The Bertz CT molecular complexity index is 1420. The van der Waals surface area contributed by atoms with E-state index in [1.54, 1.807) is 49.8 Å². The van der Waals surface area contributed by atoms with Crippen LogP contribution >= 0.6 is 11.8 Å². The number of halogens is 1. The quantitative estimate of drug-likeness (QED) is 0.257. The molecule has 10 heteroatoms. The van der Waals surface area contributed by atoms with Gasteiger partial charge in [0.1, 0.15) is 23.4 Å². The molecule has 0 spiro atoms. The van der Waals surface area contributed by atoms with Crippen molar-refractivity contribution in [2.24, 2.45) is 0 Å². The molecule has 0 saturated carbocycles. The van der Waals surface area contributed by atoms with Crippen molar-refractivity contribution < 1.29 is 27.7 Å². The minimum Gasteiger partial charge on any atom is -0.497 e. The normalized spacial score (nSPS) is 18.1. The monoisotopic (exact) mass is 584 g/mol. The van der Waals surface area contributed by atoms with E-state index < -0.39 is 16.1 Å². The lowest BCUT2D eigenvalue weighted by molar-refractivity contribution is 0.173. The molecule has 40 heavy (non-hydrogen) atoms. The van der Waals surface area contributed by atoms with Crippen molar-refractivity contribution in [1.29, 1.82) is 0 Å². The first-order chi connectivity index (χ1) is 19.4. The minimum atomic E-state index is -3.71. The molecule has 2 aliphatic heterocycles. The Morgan fingerprint density at radius 3 is 2.42 bits per heavy atom. The molecule has 1 atom stereocenters. The summed E-state index contributed by atoms with van der Waals surface area (Å²) in [6.45, 7) is 2.91. The van der Waals surface area contributed by atoms with Gasteiger partial charge in [-0.1, -0.05) is 30.3 Å². The van der Waals surface area contributed by atoms with Crippen LogP contribution in [0, 0.1) is 0 Å². The lowest BCUT2D eigenvalue weighted by Gasteiger charge is -2.34. The fraction of sp³-hybridized carbons (Fsp3) is 0.333. The standard InChI is InChI=1S/C30H33ClN2O6S/c1-37-24-10-8-22(9-11-24)28-21-39-29-20-25(12-13-27(29)30(28)34)38-19-5-16-32-17-14-23(15-18-32)33(31)40(35,36)26-6-3-2-4-7-26/h2-4,6-13,20-21,23,30,34H,5,14-19H2,1H3. The number of methoxy groups -OCH3 is 1. The van der Waals surface area contributed by atoms with Gasteiger partial charge in [0.05, 0.1) is 24.9 Å². The van der Waals surface area contributed by atoms with Crippen molar-refractivity contribution in [3.05, 3.63) is 90.2 Å². The number of hydrogen-bond acceptors (Lipinski definition) is 7. The summed E-state index contributed by atoms with van der Waals surface area (Å²) in [4.78, 5) is 2.51. The first-order valence-electron chi connectivity index (χ1n) is 13.3. The first kappa shape index (κ1) is 28.4. The molecule has 0 aliphatic carbocycles. The van der Waals surface area contributed by atoms with Crippen molar-refractivity contribution >= 4 is 27.4 Å². The summed E-state index contributed by atoms with van der Waals surface area (Å²) < 4.78 is 43.6. The number of aliphatic hydroxyl groups excluding tert-OH is 1. The zero-order valence-corrected chi connectivity index (χ0v) is 23.9. The third kappa shape index (κ3) is 6.29. The first-order valence-corrected chi connectivity index (χ1v) is 15.1. The van der Waals surface area contributed by atoms with Gasteiger partial charge in [-0.25, -0.2) is 8.42 Å². The predicted molar refractivity (Wildman–Crippen MR) is 154 cm³/mol. The summed E-state index contributed by atoms with van der Waals surface area (Å²) in [5, 5.41) is 10.9. The molecule has 1 saturated heterocycles. The molecule has 2 aliphatic rings. The van der Waals surface area contributed by atoms with E-state index in [9.17, 15) is 13.5 Å². The molecule has 2 heterocycles. The van der Waals surface area contributed by atoms with E-state index in [0.29, 0.717) is 42.1 Å². The molecule has 3 aromatic carbocycles. The smallest absolute Gasteiger partial charge is 0.256 e. The Labute approximate surface area is 240 Å². The van der Waals surface area contributed by atoms with Crippen LogP contribution in [0.25, 0.3) is 5.57 Å². The third-order valence-electron chi connectivity index (χ3n) is 7.31. The second-order valence-electron chi connectivity index (χ2n) is 9.86. The number of fused-ring (bicyclic) bond motifs is 1. The van der Waals surface area contributed by atoms with Crippen LogP contribution in [0.4, 0.5) is 0 Å². The SMILES string of the molecule is COc1ccc(C2=COc3cc(OCCCN4CCC(N(Cl)S(=O)(=O)c5ccccc5)CC4)ccc3C2O)cc1. The van der Waals surface area contributed by atoms with Gasteiger partial charge < -0.3 is 24.2 Å². The number of ether oxygens (including phenoxy) is 3. The largest absolute Gasteiger partial charge is 0.497 e. The number of hydrogen-bond donors (Lipinski definition) is 1. The van der Waals surface area contributed by atoms with Gasteiger partial charge in [-0.15, -0.1) is 3.82 Å². The molecule has 0 radical (unpaired) electrons. The molecule has 5 rings (SSSR count). The zero-order chi connectivity index (χ0) is 28.1. The predicted octanol–water partition coefficient (Wildman–Crippen LogP) is 5.24. The van der Waals surface area contributed by atoms with Crippen LogP contribution in [0.5, 0.6) is 17.2 Å². The number of rotatable bonds is 10. The van der Waals surface area contributed by atoms with Gasteiger partial charge in [0.15, 0.2) is 0 Å². The van der Waals surface area contributed by atoms with Crippen molar-refractivity contribution in [3.8, 4) is 17.2 Å². The van der Waals surface area contributed by atoms with Crippen LogP contribution in [0.1, 0.15) is 36.5 Å². The summed E-state index contributed by atoms with van der Waals surface area (Å²) in [5.41, 5.74) is 2.23. The van der Waals surface area contributed by atoms with Crippen LogP contribution in [0.15, 0.2) is 84.0 Å². The highest BCUT2D eigenvalue weighted by atomic mass is 35.5. The molecule has 0 aromatic heterocycles. The third-order valence-corrected chi connectivity index (χ3v) is 9.76. The zero-order valence-electron chi connectivity index (χ0n) is 22.3. The van der Waals surface area contributed by atoms with Gasteiger partial charge in [0.2, 0.25) is 0 Å². The molecule has 1 N–H and O–H groups in total. The van der Waals surface area contributed by atoms with Gasteiger partial charge >= 0.3 is 0 Å². The number of aliphatic hydroxyl groups is 1. The molecule has 1 fully saturated rings. The maximum Gasteiger partial charge on any atom is 0.256 e. The number of piperidine rings is 1. The van der Waals surface area contributed by atoms with E-state index in [1.165, 1.54) is 0 Å². The lowest BCUT2D eigenvalue weighted by atomic mass is 9.94. The fourth-order valence-electron chi connectivity index (χ4n) is 5.01. The molecule has 0 amide bonds. The maximum absolute atomic E-state index is 12.8. The molecule has 0 bridgehead atoms. The number of nitrogens with zero attached hydrogens (tertiary/aromatic N) is 2. The van der Waals surface area contributed by atoms with Crippen LogP contribution in [0.3, 0.4) is 0 Å². The van der Waals surface area contributed by atoms with Crippen LogP contribution in [-0.2, 0) is 10.0 Å². The molecular formula is C30H33ClN2O6S. The van der Waals surface area contributed by atoms with E-state index in [1.807, 2.05) is 36.4 Å². The van der Waals surface area contributed by atoms with Crippen LogP contribution in [0.2, 0.25) is 0 Å². The van der Waals surface area contributed by atoms with Gasteiger partial charge in [-0.05, 0) is 86.1 Å². The summed E-state index contributed by atoms with van der Waals surface area (Å²) >= 11 is 6.31. The Balaban J connectivity index is 1.07. The highest BCUT2D eigenvalue weighted by Crippen LogP contribution is 2.41. The Kier molecular flexibility index (Phi) is 8.97. The van der Waals surface area contributed by atoms with Crippen molar-refractivity contribution in [2.75, 3.05) is 33.4 Å². The van der Waals surface area contributed by atoms with E-state index in [0.717, 1.165) is 41.2 Å². The summed E-state index contributed by atoms with van der Waals surface area (Å²) in [6, 6.07) is 21.0. The van der Waals surface area contributed by atoms with Crippen molar-refractivity contribution in [3.63, 3.8) is 0 Å². The Morgan fingerprint density at radius 1 is 1.02 bits per heavy atom. The molecular weight excluding hydrogens is 552 g/mol. The van der Waals surface area contributed by atoms with Crippen molar-refractivity contribution in [1.82, 2.24) is 8.72 Å². The average molecular weight is 585 g/mol. The average Bonchev–Trinajstić information content (AvgIpc) is 3.00. The van der Waals surface area contributed by atoms with Gasteiger partial charge in [-0.3, -0.25) is 0 Å². The molecule has 212 valence electrons. The summed E-state index contributed by atoms with van der Waals surface area (Å²) in [5.74, 6) is 1.99. The highest BCUT2D eigenvalue weighted by molar-refractivity contribution is 7.90. The van der Waals surface area contributed by atoms with Crippen LogP contribution in [-0.4, -0.2) is 61.6 Å². The minimum absolute atomic E-state index is 0.209. The Morgan fingerprint density at radius 2 is 1.73 bits per heavy atom. The number of benzene rings is 3. The number of likely N-dealkylation sites (tertiary alicyclic amines) is 1. The van der Waals surface area contributed by atoms with E-state index in [4.69, 9.17) is 26.0 Å². The maximum atomic E-state index is 12.8. The van der Waals surface area contributed by atoms with Gasteiger partial charge in [0, 0.05) is 29.8 Å². The fourth-order valence-corrected chi connectivity index (χ4v) is 6.75. The number of sulfonamides is 1. The van der Waals surface area contributed by atoms with Gasteiger partial charge in [0.25, 0.3) is 10.0 Å². The van der Waals surface area contributed by atoms with E-state index in [2.05, 4.69) is 4.90 Å². The Hall–Kier alpha value is -3.08. The van der Waals surface area contributed by atoms with Gasteiger partial charge in [-0.2, -0.15) is 0 Å². The summed E-state index contributed by atoms with van der Waals surface area (Å²) in [7, 11) is -2.10. The van der Waals surface area contributed by atoms with E-state index >= 15 is 0 Å². The second-order valence-corrected chi connectivity index (χ2v) is 12.2.